The monoisotopic (exact) mass is 443 g/mol. The topological polar surface area (TPSA) is 169 Å². The summed E-state index contributed by atoms with van der Waals surface area (Å²) in [5.41, 5.74) is 1.28. The van der Waals surface area contributed by atoms with Gasteiger partial charge < -0.3 is 30.8 Å². The normalized spacial score (nSPS) is 9.10. The van der Waals surface area contributed by atoms with Crippen molar-refractivity contribution in [3.63, 3.8) is 0 Å². The van der Waals surface area contributed by atoms with E-state index in [1.165, 1.54) is 12.1 Å². The number of fused-ring (bicyclic) bond motifs is 2. The van der Waals surface area contributed by atoms with Crippen molar-refractivity contribution in [1.82, 2.24) is 9.97 Å². The van der Waals surface area contributed by atoms with Gasteiger partial charge in [0.25, 0.3) is 0 Å². The summed E-state index contributed by atoms with van der Waals surface area (Å²) in [4.78, 5) is 28.8. The molecule has 0 unspecified atom stereocenters. The van der Waals surface area contributed by atoms with Gasteiger partial charge in [-0.05, 0) is 24.3 Å². The summed E-state index contributed by atoms with van der Waals surface area (Å²) in [6.45, 7) is 0. The molecule has 29 heavy (non-hydrogen) atoms. The molecule has 0 aliphatic heterocycles. The summed E-state index contributed by atoms with van der Waals surface area (Å²) in [6, 6.07) is 21.0. The Kier molecular flexibility index (Phi) is 10.1. The molecule has 0 aliphatic rings. The minimum Gasteiger partial charge on any atom is -0.543 e. The first-order valence-electron chi connectivity index (χ1n) is 7.69. The van der Waals surface area contributed by atoms with E-state index in [1.54, 1.807) is 24.3 Å². The Bertz CT molecular complexity index is 1030. The molecule has 8 nitrogen and oxygen atoms in total. The molecule has 0 saturated carbocycles. The average Bonchev–Trinajstić information content (AvgIpc) is 2.67. The van der Waals surface area contributed by atoms with Crippen LogP contribution in [0.3, 0.4) is 0 Å². The van der Waals surface area contributed by atoms with Crippen molar-refractivity contribution in [2.75, 3.05) is 0 Å². The largest absolute Gasteiger partial charge is 2.00 e. The third-order valence-electron chi connectivity index (χ3n) is 3.62. The Morgan fingerprint density at radius 1 is 0.586 bits per heavy atom. The third-order valence-corrected chi connectivity index (χ3v) is 3.62. The van der Waals surface area contributed by atoms with Gasteiger partial charge in [-0.1, -0.05) is 48.5 Å². The second-order valence-corrected chi connectivity index (χ2v) is 5.35. The summed E-state index contributed by atoms with van der Waals surface area (Å²) < 4.78 is 0. The van der Waals surface area contributed by atoms with Crippen molar-refractivity contribution >= 4 is 33.7 Å². The number of para-hydroxylation sites is 2. The number of aromatic nitrogens is 2. The number of carboxylic acid groups (broad SMARTS) is 2. The van der Waals surface area contributed by atoms with Gasteiger partial charge in [0.05, 0.1) is 34.4 Å². The van der Waals surface area contributed by atoms with E-state index in [4.69, 9.17) is 0 Å². The predicted molar refractivity (Wildman–Crippen MR) is 99.4 cm³/mol. The maximum atomic E-state index is 10.5. The summed E-state index contributed by atoms with van der Waals surface area (Å²) in [7, 11) is 0. The number of rotatable bonds is 2. The summed E-state index contributed by atoms with van der Waals surface area (Å²) in [5.74, 6) is -2.49. The molecule has 0 bridgehead atoms. The van der Waals surface area contributed by atoms with Crippen LogP contribution in [0.15, 0.2) is 72.8 Å². The van der Waals surface area contributed by atoms with Crippen LogP contribution in [-0.4, -0.2) is 32.9 Å². The number of carboxylic acids is 2. The number of carbonyl (C=O) groups excluding carboxylic acids is 2. The fourth-order valence-electron chi connectivity index (χ4n) is 2.36. The molecular weight excluding hydrogens is 428 g/mol. The molecule has 0 saturated heterocycles. The van der Waals surface area contributed by atoms with E-state index in [0.717, 1.165) is 10.8 Å². The maximum absolute atomic E-state index is 10.5. The molecular formula is C20H16CuN2O6. The molecule has 2 aromatic carbocycles. The van der Waals surface area contributed by atoms with Crippen LogP contribution < -0.4 is 10.2 Å². The molecule has 0 aliphatic carbocycles. The van der Waals surface area contributed by atoms with Crippen LogP contribution in [0.4, 0.5) is 0 Å². The number of nitrogens with zero attached hydrogens (tertiary/aromatic N) is 2. The zero-order valence-corrected chi connectivity index (χ0v) is 15.7. The predicted octanol–water partition coefficient (Wildman–Crippen LogP) is -0.455. The van der Waals surface area contributed by atoms with Gasteiger partial charge in [0, 0.05) is 10.8 Å². The van der Waals surface area contributed by atoms with Crippen LogP contribution in [-0.2, 0) is 17.1 Å². The van der Waals surface area contributed by atoms with E-state index in [1.807, 2.05) is 36.4 Å². The number of benzene rings is 2. The molecule has 2 aromatic heterocycles. The van der Waals surface area contributed by atoms with Gasteiger partial charge in [-0.15, -0.1) is 0 Å². The molecule has 153 valence electrons. The Hall–Kier alpha value is -3.36. The van der Waals surface area contributed by atoms with E-state index in [2.05, 4.69) is 9.97 Å². The van der Waals surface area contributed by atoms with Gasteiger partial charge in [-0.25, -0.2) is 9.97 Å². The molecule has 0 spiro atoms. The minimum absolute atomic E-state index is 0. The Labute approximate surface area is 175 Å². The van der Waals surface area contributed by atoms with E-state index in [-0.39, 0.29) is 39.4 Å². The fourth-order valence-corrected chi connectivity index (χ4v) is 2.36. The first-order valence-corrected chi connectivity index (χ1v) is 7.69. The van der Waals surface area contributed by atoms with Crippen molar-refractivity contribution in [1.29, 1.82) is 0 Å². The van der Waals surface area contributed by atoms with Crippen LogP contribution >= 0.6 is 0 Å². The summed E-state index contributed by atoms with van der Waals surface area (Å²) >= 11 is 0. The van der Waals surface area contributed by atoms with E-state index in [0.29, 0.717) is 11.0 Å². The van der Waals surface area contributed by atoms with Crippen molar-refractivity contribution in [2.45, 2.75) is 0 Å². The Morgan fingerprint density at radius 3 is 1.28 bits per heavy atom. The van der Waals surface area contributed by atoms with E-state index < -0.39 is 11.9 Å². The van der Waals surface area contributed by atoms with Crippen molar-refractivity contribution in [3.8, 4) is 0 Å². The number of aromatic carboxylic acids is 2. The quantitative estimate of drug-likeness (QED) is 0.379. The van der Waals surface area contributed by atoms with E-state index >= 15 is 0 Å². The van der Waals surface area contributed by atoms with Crippen molar-refractivity contribution in [3.05, 3.63) is 84.2 Å². The molecule has 4 rings (SSSR count). The fraction of sp³-hybridized carbons (Fsp3) is 0. The minimum atomic E-state index is -1.24. The molecule has 0 amide bonds. The van der Waals surface area contributed by atoms with Gasteiger partial charge >= 0.3 is 17.1 Å². The van der Waals surface area contributed by atoms with Gasteiger partial charge in [0.1, 0.15) is 0 Å². The second kappa shape index (κ2) is 11.5. The number of hydrogen-bond donors (Lipinski definition) is 0. The van der Waals surface area contributed by atoms with Crippen LogP contribution in [0.1, 0.15) is 21.0 Å². The SMILES string of the molecule is O.O.O=C([O-])c1ccc2ccccc2n1.O=C([O-])c1ccc2ccccc2n1.[Cu+2]. The molecule has 2 heterocycles. The number of pyridine rings is 2. The molecule has 4 N–H and O–H groups in total. The summed E-state index contributed by atoms with van der Waals surface area (Å²) in [6.07, 6.45) is 0. The zero-order valence-electron chi connectivity index (χ0n) is 14.8. The van der Waals surface area contributed by atoms with Gasteiger partial charge in [0.2, 0.25) is 0 Å². The smallest absolute Gasteiger partial charge is 0.543 e. The number of hydrogen-bond acceptors (Lipinski definition) is 6. The molecule has 9 heteroatoms. The molecule has 0 fully saturated rings. The second-order valence-electron chi connectivity index (χ2n) is 5.35. The average molecular weight is 444 g/mol. The Morgan fingerprint density at radius 2 is 0.931 bits per heavy atom. The van der Waals surface area contributed by atoms with Crippen molar-refractivity contribution < 1.29 is 47.8 Å². The van der Waals surface area contributed by atoms with E-state index in [9.17, 15) is 19.8 Å². The van der Waals surface area contributed by atoms with Crippen LogP contribution in [0, 0.1) is 0 Å². The first kappa shape index (κ1) is 25.6. The standard InChI is InChI=1S/2C10H7NO2.Cu.2H2O/c2*12-10(13)9-6-5-7-3-1-2-4-8(7)11-9;;;/h2*1-6H,(H,12,13);;2*1H2/q;;+2;;/p-2. The Balaban J connectivity index is 0.000000490. The van der Waals surface area contributed by atoms with Crippen molar-refractivity contribution in [2.24, 2.45) is 0 Å². The molecule has 4 aromatic rings. The summed E-state index contributed by atoms with van der Waals surface area (Å²) in [5, 5.41) is 22.8. The van der Waals surface area contributed by atoms with Crippen LogP contribution in [0.25, 0.3) is 21.8 Å². The molecule has 1 radical (unpaired) electrons. The van der Waals surface area contributed by atoms with Gasteiger partial charge in [0.15, 0.2) is 0 Å². The third kappa shape index (κ3) is 6.34. The number of carbonyl (C=O) groups is 2. The maximum Gasteiger partial charge on any atom is 2.00 e. The van der Waals surface area contributed by atoms with Gasteiger partial charge in [-0.3, -0.25) is 0 Å². The first-order chi connectivity index (χ1) is 12.5. The van der Waals surface area contributed by atoms with Crippen LogP contribution in [0.5, 0.6) is 0 Å². The zero-order chi connectivity index (χ0) is 18.5. The van der Waals surface area contributed by atoms with Gasteiger partial charge in [-0.2, -0.15) is 0 Å². The molecule has 0 atom stereocenters. The van der Waals surface area contributed by atoms with Crippen LogP contribution in [0.2, 0.25) is 0 Å².